The number of ether oxygens (including phenoxy) is 1. The van der Waals surface area contributed by atoms with Gasteiger partial charge in [0.2, 0.25) is 0 Å². The lowest BCUT2D eigenvalue weighted by molar-refractivity contribution is 0.176. The summed E-state index contributed by atoms with van der Waals surface area (Å²) < 4.78 is 6.43. The lowest BCUT2D eigenvalue weighted by Crippen LogP contribution is -2.13. The molecule has 1 unspecified atom stereocenters. The first kappa shape index (κ1) is 14.1. The van der Waals surface area contributed by atoms with Crippen molar-refractivity contribution in [1.82, 2.24) is 0 Å². The molecule has 0 saturated carbocycles. The maximum absolute atomic E-state index is 10.3. The predicted molar refractivity (Wildman–Crippen MR) is 88.2 cm³/mol. The largest absolute Gasteiger partial charge is 0.497 e. The van der Waals surface area contributed by atoms with Crippen molar-refractivity contribution >= 4 is 21.4 Å². The number of aliphatic hydroxyl groups excluding tert-OH is 1. The molecule has 0 fully saturated rings. The van der Waals surface area contributed by atoms with Crippen molar-refractivity contribution in [3.05, 3.63) is 65.0 Å². The van der Waals surface area contributed by atoms with Crippen LogP contribution < -0.4 is 4.74 Å². The van der Waals surface area contributed by atoms with Gasteiger partial charge in [-0.2, -0.15) is 0 Å². The molecule has 2 aromatic carbocycles. The zero-order valence-electron chi connectivity index (χ0n) is 12.0. The lowest BCUT2D eigenvalue weighted by atomic mass is 10.0. The zero-order chi connectivity index (χ0) is 14.7. The normalized spacial score (nSPS) is 12.5. The van der Waals surface area contributed by atoms with Crippen molar-refractivity contribution in [2.24, 2.45) is 0 Å². The van der Waals surface area contributed by atoms with Crippen molar-refractivity contribution in [3.63, 3.8) is 0 Å². The SMILES string of the molecule is COc1ccc(CC(O)Cc2csc3ccccc23)cc1. The molecule has 0 saturated heterocycles. The fourth-order valence-corrected chi connectivity index (χ4v) is 3.53. The van der Waals surface area contributed by atoms with Gasteiger partial charge in [0.25, 0.3) is 0 Å². The molecule has 21 heavy (non-hydrogen) atoms. The molecule has 1 heterocycles. The van der Waals surface area contributed by atoms with Crippen LogP contribution in [0.2, 0.25) is 0 Å². The summed E-state index contributed by atoms with van der Waals surface area (Å²) in [5, 5.41) is 13.7. The van der Waals surface area contributed by atoms with Gasteiger partial charge in [-0.25, -0.2) is 0 Å². The van der Waals surface area contributed by atoms with Crippen LogP contribution in [0.1, 0.15) is 11.1 Å². The predicted octanol–water partition coefficient (Wildman–Crippen LogP) is 4.06. The standard InChI is InChI=1S/C18H18O2S/c1-20-16-8-6-13(7-9-16)10-15(19)11-14-12-21-18-5-3-2-4-17(14)18/h2-9,12,15,19H,10-11H2,1H3. The summed E-state index contributed by atoms with van der Waals surface area (Å²) in [4.78, 5) is 0. The van der Waals surface area contributed by atoms with E-state index < -0.39 is 0 Å². The molecule has 0 aliphatic carbocycles. The average Bonchev–Trinajstić information content (AvgIpc) is 2.91. The smallest absolute Gasteiger partial charge is 0.118 e. The number of benzene rings is 2. The van der Waals surface area contributed by atoms with Crippen molar-refractivity contribution in [1.29, 1.82) is 0 Å². The molecule has 0 radical (unpaired) electrons. The minimum absolute atomic E-state index is 0.364. The van der Waals surface area contributed by atoms with Crippen LogP contribution in [0.3, 0.4) is 0 Å². The third-order valence-corrected chi connectivity index (χ3v) is 4.66. The van der Waals surface area contributed by atoms with E-state index in [1.807, 2.05) is 24.3 Å². The van der Waals surface area contributed by atoms with Crippen LogP contribution >= 0.6 is 11.3 Å². The number of hydrogen-bond acceptors (Lipinski definition) is 3. The minimum Gasteiger partial charge on any atom is -0.497 e. The van der Waals surface area contributed by atoms with E-state index in [1.165, 1.54) is 15.6 Å². The third kappa shape index (κ3) is 3.26. The van der Waals surface area contributed by atoms with Gasteiger partial charge in [-0.3, -0.25) is 0 Å². The molecule has 3 rings (SSSR count). The Balaban J connectivity index is 1.69. The number of hydrogen-bond donors (Lipinski definition) is 1. The minimum atomic E-state index is -0.364. The van der Waals surface area contributed by atoms with Gasteiger partial charge in [-0.15, -0.1) is 11.3 Å². The van der Waals surface area contributed by atoms with Gasteiger partial charge in [-0.1, -0.05) is 30.3 Å². The Morgan fingerprint density at radius 2 is 1.81 bits per heavy atom. The molecule has 0 aliphatic heterocycles. The lowest BCUT2D eigenvalue weighted by Gasteiger charge is -2.11. The van der Waals surface area contributed by atoms with Crippen LogP contribution in [-0.4, -0.2) is 18.3 Å². The highest BCUT2D eigenvalue weighted by Crippen LogP contribution is 2.27. The van der Waals surface area contributed by atoms with Crippen LogP contribution in [0.4, 0.5) is 0 Å². The fourth-order valence-electron chi connectivity index (χ4n) is 2.55. The Labute approximate surface area is 128 Å². The summed E-state index contributed by atoms with van der Waals surface area (Å²) in [6.45, 7) is 0. The molecule has 0 bridgehead atoms. The topological polar surface area (TPSA) is 29.5 Å². The fraction of sp³-hybridized carbons (Fsp3) is 0.222. The van der Waals surface area contributed by atoms with Crippen molar-refractivity contribution in [3.8, 4) is 5.75 Å². The van der Waals surface area contributed by atoms with E-state index >= 15 is 0 Å². The number of fused-ring (bicyclic) bond motifs is 1. The van der Waals surface area contributed by atoms with Gasteiger partial charge in [0.15, 0.2) is 0 Å². The second kappa shape index (κ2) is 6.29. The van der Waals surface area contributed by atoms with E-state index in [9.17, 15) is 5.11 Å². The Morgan fingerprint density at radius 3 is 2.57 bits per heavy atom. The highest BCUT2D eigenvalue weighted by Gasteiger charge is 2.10. The Morgan fingerprint density at radius 1 is 1.05 bits per heavy atom. The molecule has 0 amide bonds. The molecule has 1 aromatic heterocycles. The highest BCUT2D eigenvalue weighted by molar-refractivity contribution is 7.17. The van der Waals surface area contributed by atoms with Gasteiger partial charge in [0.05, 0.1) is 13.2 Å². The molecule has 0 aliphatic rings. The van der Waals surface area contributed by atoms with E-state index in [1.54, 1.807) is 18.4 Å². The molecule has 3 heteroatoms. The van der Waals surface area contributed by atoms with Gasteiger partial charge in [0.1, 0.15) is 5.75 Å². The molecule has 3 aromatic rings. The summed E-state index contributed by atoms with van der Waals surface area (Å²) in [5.41, 5.74) is 2.36. The quantitative estimate of drug-likeness (QED) is 0.770. The van der Waals surface area contributed by atoms with E-state index in [4.69, 9.17) is 4.74 Å². The molecular weight excluding hydrogens is 280 g/mol. The third-order valence-electron chi connectivity index (χ3n) is 3.65. The van der Waals surface area contributed by atoms with E-state index in [0.717, 1.165) is 11.3 Å². The average molecular weight is 298 g/mol. The summed E-state index contributed by atoms with van der Waals surface area (Å²) >= 11 is 1.74. The van der Waals surface area contributed by atoms with Crippen LogP contribution in [-0.2, 0) is 12.8 Å². The molecule has 1 N–H and O–H groups in total. The van der Waals surface area contributed by atoms with Crippen molar-refractivity contribution in [2.75, 3.05) is 7.11 Å². The first-order valence-corrected chi connectivity index (χ1v) is 7.90. The Kier molecular flexibility index (Phi) is 4.23. The van der Waals surface area contributed by atoms with Crippen molar-refractivity contribution in [2.45, 2.75) is 18.9 Å². The van der Waals surface area contributed by atoms with Crippen molar-refractivity contribution < 1.29 is 9.84 Å². The Bertz CT molecular complexity index is 715. The van der Waals surface area contributed by atoms with E-state index in [-0.39, 0.29) is 6.10 Å². The molecular formula is C18H18O2S. The monoisotopic (exact) mass is 298 g/mol. The van der Waals surface area contributed by atoms with Gasteiger partial charge >= 0.3 is 0 Å². The van der Waals surface area contributed by atoms with Crippen LogP contribution in [0.5, 0.6) is 5.75 Å². The summed E-state index contributed by atoms with van der Waals surface area (Å²) in [7, 11) is 1.66. The maximum atomic E-state index is 10.3. The van der Waals surface area contributed by atoms with Crippen LogP contribution in [0.15, 0.2) is 53.9 Å². The first-order valence-electron chi connectivity index (χ1n) is 7.02. The van der Waals surface area contributed by atoms with Gasteiger partial charge in [0, 0.05) is 11.1 Å². The second-order valence-corrected chi connectivity index (χ2v) is 6.08. The van der Waals surface area contributed by atoms with E-state index in [0.29, 0.717) is 12.8 Å². The molecule has 1 atom stereocenters. The number of methoxy groups -OCH3 is 1. The first-order chi connectivity index (χ1) is 10.3. The molecule has 0 spiro atoms. The summed E-state index contributed by atoms with van der Waals surface area (Å²) in [6.07, 6.45) is 0.987. The van der Waals surface area contributed by atoms with E-state index in [2.05, 4.69) is 29.6 Å². The summed E-state index contributed by atoms with van der Waals surface area (Å²) in [5.74, 6) is 0.845. The number of aliphatic hydroxyl groups is 1. The Hall–Kier alpha value is -1.84. The van der Waals surface area contributed by atoms with Gasteiger partial charge < -0.3 is 9.84 Å². The highest BCUT2D eigenvalue weighted by atomic mass is 32.1. The molecule has 2 nitrogen and oxygen atoms in total. The number of rotatable bonds is 5. The molecule has 108 valence electrons. The zero-order valence-corrected chi connectivity index (χ0v) is 12.8. The summed E-state index contributed by atoms with van der Waals surface area (Å²) in [6, 6.07) is 16.2. The number of thiophene rings is 1. The second-order valence-electron chi connectivity index (χ2n) is 5.17. The van der Waals surface area contributed by atoms with Gasteiger partial charge in [-0.05, 0) is 46.5 Å². The van der Waals surface area contributed by atoms with Crippen LogP contribution in [0, 0.1) is 0 Å². The maximum Gasteiger partial charge on any atom is 0.118 e. The van der Waals surface area contributed by atoms with Crippen LogP contribution in [0.25, 0.3) is 10.1 Å².